The molecule has 1 amide bonds. The molecule has 0 saturated heterocycles. The van der Waals surface area contributed by atoms with Crippen LogP contribution in [0.15, 0.2) is 12.1 Å². The molecule has 1 aromatic heterocycles. The first-order chi connectivity index (χ1) is 8.23. The molecule has 0 atom stereocenters. The Morgan fingerprint density at radius 1 is 1.33 bits per heavy atom. The molecule has 1 heterocycles. The number of nitrogens with two attached hydrogens (primary N) is 1. The van der Waals surface area contributed by atoms with Crippen molar-refractivity contribution in [2.75, 3.05) is 5.43 Å². The molecule has 0 aliphatic rings. The minimum Gasteiger partial charge on any atom is -0.347 e. The van der Waals surface area contributed by atoms with Gasteiger partial charge in [0.25, 0.3) is 5.91 Å². The fraction of sp³-hybridized carbons (Fsp3) is 0.538. The number of carbonyl (C=O) groups is 1. The maximum Gasteiger partial charge on any atom is 0.251 e. The van der Waals surface area contributed by atoms with E-state index in [1.54, 1.807) is 12.1 Å². The number of carbonyl (C=O) groups excluding carboxylic acids is 1. The molecule has 4 N–H and O–H groups in total. The summed E-state index contributed by atoms with van der Waals surface area (Å²) in [6, 6.07) is 3.44. The maximum absolute atomic E-state index is 12.1. The highest BCUT2D eigenvalue weighted by atomic mass is 16.1. The molecule has 0 fully saturated rings. The van der Waals surface area contributed by atoms with Gasteiger partial charge in [-0.1, -0.05) is 13.8 Å². The van der Waals surface area contributed by atoms with E-state index in [0.717, 1.165) is 5.69 Å². The lowest BCUT2D eigenvalue weighted by atomic mass is 10.0. The standard InChI is InChI=1S/C13H22N4O/c1-8(2)10-6-9(7-11(15-10)17-14)12(18)16-13(3,4)5/h6-8H,14H2,1-5H3,(H,15,17)(H,16,18). The number of nitrogens with zero attached hydrogens (tertiary/aromatic N) is 1. The van der Waals surface area contributed by atoms with Crippen LogP contribution in [0.25, 0.3) is 0 Å². The first kappa shape index (κ1) is 14.4. The van der Waals surface area contributed by atoms with Crippen LogP contribution in [0.3, 0.4) is 0 Å². The Morgan fingerprint density at radius 3 is 2.39 bits per heavy atom. The van der Waals surface area contributed by atoms with E-state index in [2.05, 4.69) is 15.7 Å². The highest BCUT2D eigenvalue weighted by Gasteiger charge is 2.17. The van der Waals surface area contributed by atoms with E-state index in [0.29, 0.717) is 11.4 Å². The Hall–Kier alpha value is -1.62. The molecule has 0 aliphatic carbocycles. The summed E-state index contributed by atoms with van der Waals surface area (Å²) in [4.78, 5) is 16.4. The van der Waals surface area contributed by atoms with Crippen molar-refractivity contribution < 1.29 is 4.79 Å². The predicted molar refractivity (Wildman–Crippen MR) is 73.4 cm³/mol. The van der Waals surface area contributed by atoms with Crippen LogP contribution >= 0.6 is 0 Å². The zero-order valence-electron chi connectivity index (χ0n) is 11.7. The summed E-state index contributed by atoms with van der Waals surface area (Å²) in [6.45, 7) is 9.87. The van der Waals surface area contributed by atoms with Crippen LogP contribution in [0, 0.1) is 0 Å². The Kier molecular flexibility index (Phi) is 4.29. The van der Waals surface area contributed by atoms with Crippen molar-refractivity contribution in [3.05, 3.63) is 23.4 Å². The van der Waals surface area contributed by atoms with Crippen molar-refractivity contribution in [1.82, 2.24) is 10.3 Å². The van der Waals surface area contributed by atoms with Crippen LogP contribution in [0.2, 0.25) is 0 Å². The van der Waals surface area contributed by atoms with Crippen molar-refractivity contribution in [1.29, 1.82) is 0 Å². The first-order valence-corrected chi connectivity index (χ1v) is 6.04. The van der Waals surface area contributed by atoms with Gasteiger partial charge in [0.1, 0.15) is 5.82 Å². The minimum atomic E-state index is -0.269. The molecular formula is C13H22N4O. The van der Waals surface area contributed by atoms with Gasteiger partial charge < -0.3 is 10.7 Å². The Bertz CT molecular complexity index is 435. The summed E-state index contributed by atoms with van der Waals surface area (Å²) in [5.41, 5.74) is 3.62. The van der Waals surface area contributed by atoms with Gasteiger partial charge in [-0.2, -0.15) is 0 Å². The number of nitrogen functional groups attached to an aromatic ring is 1. The van der Waals surface area contributed by atoms with Crippen molar-refractivity contribution in [3.63, 3.8) is 0 Å². The third kappa shape index (κ3) is 4.00. The van der Waals surface area contributed by atoms with E-state index in [1.807, 2.05) is 34.6 Å². The number of aromatic nitrogens is 1. The lowest BCUT2D eigenvalue weighted by Crippen LogP contribution is -2.40. The van der Waals surface area contributed by atoms with Crippen LogP contribution in [-0.2, 0) is 0 Å². The highest BCUT2D eigenvalue weighted by Crippen LogP contribution is 2.17. The van der Waals surface area contributed by atoms with Gasteiger partial charge in [-0.3, -0.25) is 4.79 Å². The molecule has 5 nitrogen and oxygen atoms in total. The molecule has 0 spiro atoms. The molecule has 0 unspecified atom stereocenters. The molecule has 1 rings (SSSR count). The van der Waals surface area contributed by atoms with Crippen molar-refractivity contribution in [3.8, 4) is 0 Å². The average Bonchev–Trinajstić information content (AvgIpc) is 2.26. The van der Waals surface area contributed by atoms with Gasteiger partial charge in [-0.25, -0.2) is 10.8 Å². The van der Waals surface area contributed by atoms with Crippen LogP contribution in [-0.4, -0.2) is 16.4 Å². The van der Waals surface area contributed by atoms with Crippen molar-refractivity contribution in [2.24, 2.45) is 5.84 Å². The van der Waals surface area contributed by atoms with Crippen LogP contribution in [0.1, 0.15) is 56.6 Å². The summed E-state index contributed by atoms with van der Waals surface area (Å²) < 4.78 is 0. The zero-order valence-corrected chi connectivity index (χ0v) is 11.7. The number of amides is 1. The monoisotopic (exact) mass is 250 g/mol. The second kappa shape index (κ2) is 5.35. The molecule has 1 aromatic rings. The second-order valence-electron chi connectivity index (χ2n) is 5.67. The molecule has 100 valence electrons. The number of hydrazine groups is 1. The summed E-state index contributed by atoms with van der Waals surface area (Å²) in [5, 5.41) is 2.92. The Morgan fingerprint density at radius 2 is 1.94 bits per heavy atom. The quantitative estimate of drug-likeness (QED) is 0.566. The number of anilines is 1. The lowest BCUT2D eigenvalue weighted by molar-refractivity contribution is 0.0919. The molecule has 0 aromatic carbocycles. The van der Waals surface area contributed by atoms with Gasteiger partial charge in [-0.05, 0) is 38.8 Å². The van der Waals surface area contributed by atoms with Gasteiger partial charge in [0.05, 0.1) is 0 Å². The number of hydrogen-bond acceptors (Lipinski definition) is 4. The minimum absolute atomic E-state index is 0.122. The average molecular weight is 250 g/mol. The Labute approximate surface area is 108 Å². The topological polar surface area (TPSA) is 80.0 Å². The molecule has 5 heteroatoms. The zero-order chi connectivity index (χ0) is 13.9. The highest BCUT2D eigenvalue weighted by molar-refractivity contribution is 5.95. The lowest BCUT2D eigenvalue weighted by Gasteiger charge is -2.21. The fourth-order valence-electron chi connectivity index (χ4n) is 1.47. The van der Waals surface area contributed by atoms with Crippen molar-refractivity contribution in [2.45, 2.75) is 46.1 Å². The SMILES string of the molecule is CC(C)c1cc(C(=O)NC(C)(C)C)cc(NN)n1. The van der Waals surface area contributed by atoms with Gasteiger partial charge in [0, 0.05) is 16.8 Å². The normalized spacial score (nSPS) is 11.5. The summed E-state index contributed by atoms with van der Waals surface area (Å²) >= 11 is 0. The maximum atomic E-state index is 12.1. The number of nitrogens with one attached hydrogen (secondary N) is 2. The van der Waals surface area contributed by atoms with Crippen molar-refractivity contribution >= 4 is 11.7 Å². The summed E-state index contributed by atoms with van der Waals surface area (Å²) in [5.74, 6) is 5.98. The van der Waals surface area contributed by atoms with Gasteiger partial charge >= 0.3 is 0 Å². The molecule has 0 radical (unpaired) electrons. The van der Waals surface area contributed by atoms with Crippen LogP contribution < -0.4 is 16.6 Å². The van der Waals surface area contributed by atoms with Crippen LogP contribution in [0.4, 0.5) is 5.82 Å². The van der Waals surface area contributed by atoms with Gasteiger partial charge in [0.2, 0.25) is 0 Å². The van der Waals surface area contributed by atoms with E-state index in [9.17, 15) is 4.79 Å². The number of hydrogen-bond donors (Lipinski definition) is 3. The molecular weight excluding hydrogens is 228 g/mol. The van der Waals surface area contributed by atoms with E-state index in [4.69, 9.17) is 5.84 Å². The van der Waals surface area contributed by atoms with E-state index in [-0.39, 0.29) is 17.4 Å². The molecule has 0 saturated carbocycles. The molecule has 0 aliphatic heterocycles. The van der Waals surface area contributed by atoms with E-state index in [1.165, 1.54) is 0 Å². The van der Waals surface area contributed by atoms with Crippen LogP contribution in [0.5, 0.6) is 0 Å². The largest absolute Gasteiger partial charge is 0.347 e. The summed E-state index contributed by atoms with van der Waals surface area (Å²) in [7, 11) is 0. The molecule has 0 bridgehead atoms. The predicted octanol–water partition coefficient (Wildman–Crippen LogP) is 2.02. The summed E-state index contributed by atoms with van der Waals surface area (Å²) in [6.07, 6.45) is 0. The third-order valence-corrected chi connectivity index (χ3v) is 2.34. The number of rotatable bonds is 3. The van der Waals surface area contributed by atoms with Gasteiger partial charge in [0.15, 0.2) is 0 Å². The fourth-order valence-corrected chi connectivity index (χ4v) is 1.47. The third-order valence-electron chi connectivity index (χ3n) is 2.34. The Balaban J connectivity index is 3.08. The molecule has 18 heavy (non-hydrogen) atoms. The second-order valence-corrected chi connectivity index (χ2v) is 5.67. The number of pyridine rings is 1. The smallest absolute Gasteiger partial charge is 0.251 e. The van der Waals surface area contributed by atoms with E-state index >= 15 is 0 Å². The first-order valence-electron chi connectivity index (χ1n) is 6.04. The van der Waals surface area contributed by atoms with E-state index < -0.39 is 0 Å². The van der Waals surface area contributed by atoms with Gasteiger partial charge in [-0.15, -0.1) is 0 Å².